The standard InChI is InChI=1S/C15H18N4O3S3/c1-10(20)16-8-11-2-3-13(24-11)12(21)9-23-15-18-17-14(25-15)19-4-6-22-7-5-19/h2-3H,4-9H2,1H3,(H,16,20). The number of ketones is 1. The minimum atomic E-state index is -0.0795. The van der Waals surface area contributed by atoms with E-state index in [4.69, 9.17) is 4.74 Å². The molecule has 0 radical (unpaired) electrons. The SMILES string of the molecule is CC(=O)NCc1ccc(C(=O)CSc2nnc(N3CCOCC3)s2)s1. The molecule has 0 unspecified atom stereocenters. The second kappa shape index (κ2) is 8.75. The molecular formula is C15H18N4O3S3. The molecule has 1 saturated heterocycles. The molecule has 3 heterocycles. The zero-order chi connectivity index (χ0) is 17.6. The van der Waals surface area contributed by atoms with Gasteiger partial charge in [-0.1, -0.05) is 23.1 Å². The number of carbonyl (C=O) groups excluding carboxylic acids is 2. The lowest BCUT2D eigenvalue weighted by molar-refractivity contribution is -0.119. The van der Waals surface area contributed by atoms with E-state index < -0.39 is 0 Å². The van der Waals surface area contributed by atoms with E-state index >= 15 is 0 Å². The van der Waals surface area contributed by atoms with E-state index in [2.05, 4.69) is 20.4 Å². The molecule has 2 aromatic rings. The molecule has 0 aliphatic carbocycles. The predicted molar refractivity (Wildman–Crippen MR) is 99.8 cm³/mol. The first-order valence-corrected chi connectivity index (χ1v) is 10.4. The van der Waals surface area contributed by atoms with Crippen molar-refractivity contribution in [1.82, 2.24) is 15.5 Å². The lowest BCUT2D eigenvalue weighted by Gasteiger charge is -2.25. The van der Waals surface area contributed by atoms with Crippen LogP contribution in [0.4, 0.5) is 5.13 Å². The highest BCUT2D eigenvalue weighted by Crippen LogP contribution is 2.29. The van der Waals surface area contributed by atoms with Crippen molar-refractivity contribution in [3.05, 3.63) is 21.9 Å². The summed E-state index contributed by atoms with van der Waals surface area (Å²) in [6, 6.07) is 3.68. The number of ether oxygens (including phenoxy) is 1. The van der Waals surface area contributed by atoms with Gasteiger partial charge in [0, 0.05) is 24.9 Å². The van der Waals surface area contributed by atoms with Gasteiger partial charge in [-0.05, 0) is 12.1 Å². The number of nitrogens with zero attached hydrogens (tertiary/aromatic N) is 3. The third-order valence-corrected chi connectivity index (χ3v) is 6.70. The number of thioether (sulfide) groups is 1. The third kappa shape index (κ3) is 5.24. The van der Waals surface area contributed by atoms with Gasteiger partial charge in [0.25, 0.3) is 0 Å². The zero-order valence-electron chi connectivity index (χ0n) is 13.7. The van der Waals surface area contributed by atoms with Gasteiger partial charge < -0.3 is 15.0 Å². The summed E-state index contributed by atoms with van der Waals surface area (Å²) in [4.78, 5) is 27.1. The van der Waals surface area contributed by atoms with Crippen LogP contribution in [0, 0.1) is 0 Å². The summed E-state index contributed by atoms with van der Waals surface area (Å²) in [7, 11) is 0. The average Bonchev–Trinajstić information content (AvgIpc) is 3.28. The first-order chi connectivity index (χ1) is 12.1. The molecule has 0 spiro atoms. The highest BCUT2D eigenvalue weighted by Gasteiger charge is 2.17. The highest BCUT2D eigenvalue weighted by atomic mass is 32.2. The van der Waals surface area contributed by atoms with E-state index in [0.29, 0.717) is 30.4 Å². The number of morpholine rings is 1. The Hall–Kier alpha value is -1.49. The molecule has 134 valence electrons. The van der Waals surface area contributed by atoms with Crippen LogP contribution in [0.3, 0.4) is 0 Å². The van der Waals surface area contributed by atoms with E-state index in [1.54, 1.807) is 0 Å². The minimum absolute atomic E-state index is 0.0622. The van der Waals surface area contributed by atoms with E-state index in [-0.39, 0.29) is 11.7 Å². The lowest BCUT2D eigenvalue weighted by Crippen LogP contribution is -2.36. The first kappa shape index (κ1) is 18.3. The Labute approximate surface area is 157 Å². The molecule has 25 heavy (non-hydrogen) atoms. The molecule has 0 aromatic carbocycles. The van der Waals surface area contributed by atoms with Gasteiger partial charge >= 0.3 is 0 Å². The largest absolute Gasteiger partial charge is 0.378 e. The maximum atomic E-state index is 12.3. The van der Waals surface area contributed by atoms with Crippen molar-refractivity contribution >= 4 is 51.3 Å². The number of hydrogen-bond acceptors (Lipinski definition) is 9. The smallest absolute Gasteiger partial charge is 0.217 e. The van der Waals surface area contributed by atoms with Crippen molar-refractivity contribution in [2.24, 2.45) is 0 Å². The summed E-state index contributed by atoms with van der Waals surface area (Å²) in [5.74, 6) is 0.314. The molecule has 1 N–H and O–H groups in total. The number of nitrogens with one attached hydrogen (secondary N) is 1. The number of carbonyl (C=O) groups is 2. The number of hydrogen-bond donors (Lipinski definition) is 1. The molecule has 1 amide bonds. The molecule has 0 saturated carbocycles. The van der Waals surface area contributed by atoms with Crippen LogP contribution in [0.15, 0.2) is 16.5 Å². The number of aromatic nitrogens is 2. The van der Waals surface area contributed by atoms with Crippen molar-refractivity contribution < 1.29 is 14.3 Å². The Morgan fingerprint density at radius 2 is 2.08 bits per heavy atom. The van der Waals surface area contributed by atoms with Gasteiger partial charge in [-0.25, -0.2) is 0 Å². The number of amides is 1. The summed E-state index contributed by atoms with van der Waals surface area (Å²) in [6.45, 7) is 5.00. The molecule has 3 rings (SSSR count). The second-order valence-electron chi connectivity index (χ2n) is 5.34. The Bertz CT molecular complexity index is 740. The Balaban J connectivity index is 1.50. The van der Waals surface area contributed by atoms with Gasteiger partial charge in [0.05, 0.1) is 30.4 Å². The van der Waals surface area contributed by atoms with Gasteiger partial charge in [-0.15, -0.1) is 21.5 Å². The molecule has 2 aromatic heterocycles. The summed E-state index contributed by atoms with van der Waals surface area (Å²) in [6.07, 6.45) is 0. The van der Waals surface area contributed by atoms with Crippen molar-refractivity contribution in [1.29, 1.82) is 0 Å². The fourth-order valence-electron chi connectivity index (χ4n) is 2.18. The van der Waals surface area contributed by atoms with Crippen LogP contribution < -0.4 is 10.2 Å². The van der Waals surface area contributed by atoms with Crippen LogP contribution in [-0.2, 0) is 16.1 Å². The minimum Gasteiger partial charge on any atom is -0.378 e. The first-order valence-electron chi connectivity index (χ1n) is 7.77. The second-order valence-corrected chi connectivity index (χ2v) is 8.68. The van der Waals surface area contributed by atoms with Gasteiger partial charge in [0.2, 0.25) is 11.0 Å². The highest BCUT2D eigenvalue weighted by molar-refractivity contribution is 8.01. The van der Waals surface area contributed by atoms with Gasteiger partial charge in [0.1, 0.15) is 0 Å². The number of Topliss-reactive ketones (excluding diaryl/α,β-unsaturated/α-hetero) is 1. The average molecular weight is 399 g/mol. The van der Waals surface area contributed by atoms with Crippen molar-refractivity contribution in [3.8, 4) is 0 Å². The maximum absolute atomic E-state index is 12.3. The molecule has 10 heteroatoms. The van der Waals surface area contributed by atoms with Gasteiger partial charge in [-0.3, -0.25) is 9.59 Å². The van der Waals surface area contributed by atoms with Crippen LogP contribution in [-0.4, -0.2) is 53.9 Å². The van der Waals surface area contributed by atoms with Crippen LogP contribution >= 0.6 is 34.4 Å². The topological polar surface area (TPSA) is 84.4 Å². The molecule has 0 atom stereocenters. The Morgan fingerprint density at radius 1 is 1.28 bits per heavy atom. The van der Waals surface area contributed by atoms with Crippen LogP contribution in [0.25, 0.3) is 0 Å². The van der Waals surface area contributed by atoms with Crippen molar-refractivity contribution in [2.75, 3.05) is 37.0 Å². The van der Waals surface area contributed by atoms with E-state index in [1.165, 1.54) is 41.4 Å². The maximum Gasteiger partial charge on any atom is 0.217 e. The molecular weight excluding hydrogens is 380 g/mol. The van der Waals surface area contributed by atoms with Crippen molar-refractivity contribution in [3.63, 3.8) is 0 Å². The van der Waals surface area contributed by atoms with Crippen LogP contribution in [0.5, 0.6) is 0 Å². The zero-order valence-corrected chi connectivity index (χ0v) is 16.1. The van der Waals surface area contributed by atoms with Crippen LogP contribution in [0.2, 0.25) is 0 Å². The predicted octanol–water partition coefficient (Wildman–Crippen LogP) is 2.05. The summed E-state index contributed by atoms with van der Waals surface area (Å²) in [5, 5.41) is 12.0. The van der Waals surface area contributed by atoms with Crippen molar-refractivity contribution in [2.45, 2.75) is 17.8 Å². The van der Waals surface area contributed by atoms with Crippen LogP contribution in [0.1, 0.15) is 21.5 Å². The fourth-order valence-corrected chi connectivity index (χ4v) is 4.93. The number of rotatable bonds is 7. The third-order valence-electron chi connectivity index (χ3n) is 3.45. The number of anilines is 1. The molecule has 7 nitrogen and oxygen atoms in total. The molecule has 0 bridgehead atoms. The normalized spacial score (nSPS) is 14.5. The summed E-state index contributed by atoms with van der Waals surface area (Å²) < 4.78 is 6.13. The monoisotopic (exact) mass is 398 g/mol. The lowest BCUT2D eigenvalue weighted by atomic mass is 10.3. The quantitative estimate of drug-likeness (QED) is 0.564. The Kier molecular flexibility index (Phi) is 6.40. The molecule has 1 aliphatic rings. The summed E-state index contributed by atoms with van der Waals surface area (Å²) >= 11 is 4.33. The van der Waals surface area contributed by atoms with E-state index in [9.17, 15) is 9.59 Å². The summed E-state index contributed by atoms with van der Waals surface area (Å²) in [5.41, 5.74) is 0. The number of thiophene rings is 1. The molecule has 1 fully saturated rings. The van der Waals surface area contributed by atoms with E-state index in [1.807, 2.05) is 12.1 Å². The fraction of sp³-hybridized carbons (Fsp3) is 0.467. The van der Waals surface area contributed by atoms with E-state index in [0.717, 1.165) is 27.4 Å². The molecule has 1 aliphatic heterocycles. The van der Waals surface area contributed by atoms with Gasteiger partial charge in [0.15, 0.2) is 10.1 Å². The Morgan fingerprint density at radius 3 is 2.84 bits per heavy atom. The van der Waals surface area contributed by atoms with Gasteiger partial charge in [-0.2, -0.15) is 0 Å².